The molecule has 1 aromatic heterocycles. The number of anilines is 1. The van der Waals surface area contributed by atoms with E-state index in [-0.39, 0.29) is 17.9 Å². The Morgan fingerprint density at radius 1 is 1.03 bits per heavy atom. The van der Waals surface area contributed by atoms with E-state index in [1.54, 1.807) is 22.8 Å². The zero-order chi connectivity index (χ0) is 25.1. The molecular formula is C26H26FN3O5. The highest BCUT2D eigenvalue weighted by Gasteiger charge is 2.19. The number of aliphatic hydroxyl groups is 1. The van der Waals surface area contributed by atoms with Crippen molar-refractivity contribution in [2.45, 2.75) is 13.5 Å². The first-order valence-corrected chi connectivity index (χ1v) is 11.3. The molecule has 1 fully saturated rings. The molecule has 3 aromatic rings. The standard InChI is InChI=1S/C26H26FN3O5/c1-2-28-9-11-29(12-10-28)19-7-8-20-22(13-19)30(15-17-3-5-18(27)6-4-17)16-21(25(20)33)23(31)14-24(32)26(34)35/h3-8,13-14,16,31H,2,9-12,15H2,1H3,(H,34,35)/b23-14-. The second-order valence-corrected chi connectivity index (χ2v) is 8.45. The van der Waals surface area contributed by atoms with Gasteiger partial charge in [0.15, 0.2) is 5.43 Å². The Kier molecular flexibility index (Phi) is 6.97. The zero-order valence-electron chi connectivity index (χ0n) is 19.3. The van der Waals surface area contributed by atoms with Gasteiger partial charge in [-0.05, 0) is 42.4 Å². The lowest BCUT2D eigenvalue weighted by molar-refractivity contribution is -0.146. The number of fused-ring (bicyclic) bond motifs is 1. The van der Waals surface area contributed by atoms with Gasteiger partial charge in [-0.1, -0.05) is 19.1 Å². The molecule has 8 nitrogen and oxygen atoms in total. The summed E-state index contributed by atoms with van der Waals surface area (Å²) in [5.74, 6) is -4.18. The molecule has 0 radical (unpaired) electrons. The molecule has 1 aliphatic rings. The number of hydrogen-bond acceptors (Lipinski definition) is 6. The quantitative estimate of drug-likeness (QED) is 0.305. The predicted octanol–water partition coefficient (Wildman–Crippen LogP) is 2.88. The van der Waals surface area contributed by atoms with Crippen LogP contribution in [0, 0.1) is 5.82 Å². The number of halogens is 1. The molecule has 2 aromatic carbocycles. The van der Waals surface area contributed by atoms with E-state index >= 15 is 0 Å². The minimum atomic E-state index is -1.74. The Morgan fingerprint density at radius 2 is 1.71 bits per heavy atom. The Labute approximate surface area is 201 Å². The smallest absolute Gasteiger partial charge is 0.376 e. The molecule has 0 saturated carbocycles. The van der Waals surface area contributed by atoms with E-state index in [2.05, 4.69) is 16.7 Å². The monoisotopic (exact) mass is 479 g/mol. The van der Waals surface area contributed by atoms with Crippen LogP contribution in [0.5, 0.6) is 0 Å². The normalized spacial score (nSPS) is 14.9. The maximum Gasteiger partial charge on any atom is 0.376 e. The van der Waals surface area contributed by atoms with Crippen LogP contribution in [0.4, 0.5) is 10.1 Å². The molecular weight excluding hydrogens is 453 g/mol. The highest BCUT2D eigenvalue weighted by molar-refractivity contribution is 6.38. The number of likely N-dealkylation sites (N-methyl/N-ethyl adjacent to an activating group) is 1. The van der Waals surface area contributed by atoms with Crippen molar-refractivity contribution < 1.29 is 24.2 Å². The summed E-state index contributed by atoms with van der Waals surface area (Å²) in [5.41, 5.74) is 1.60. The van der Waals surface area contributed by atoms with Gasteiger partial charge in [0.2, 0.25) is 0 Å². The van der Waals surface area contributed by atoms with Crippen LogP contribution in [-0.4, -0.2) is 64.2 Å². The van der Waals surface area contributed by atoms with Crippen molar-refractivity contribution in [1.82, 2.24) is 9.47 Å². The van der Waals surface area contributed by atoms with Gasteiger partial charge in [-0.2, -0.15) is 0 Å². The second-order valence-electron chi connectivity index (χ2n) is 8.45. The molecule has 0 atom stereocenters. The molecule has 4 rings (SSSR count). The Morgan fingerprint density at radius 3 is 2.34 bits per heavy atom. The fourth-order valence-corrected chi connectivity index (χ4v) is 4.26. The molecule has 2 N–H and O–H groups in total. The van der Waals surface area contributed by atoms with Gasteiger partial charge in [-0.3, -0.25) is 9.59 Å². The van der Waals surface area contributed by atoms with Crippen molar-refractivity contribution in [3.8, 4) is 0 Å². The maximum absolute atomic E-state index is 13.4. The molecule has 0 aliphatic carbocycles. The van der Waals surface area contributed by atoms with Crippen LogP contribution in [0.1, 0.15) is 18.1 Å². The summed E-state index contributed by atoms with van der Waals surface area (Å²) in [6, 6.07) is 11.4. The number of carboxylic acids is 1. The molecule has 0 unspecified atom stereocenters. The van der Waals surface area contributed by atoms with Crippen LogP contribution in [-0.2, 0) is 16.1 Å². The molecule has 2 heterocycles. The third kappa shape index (κ3) is 5.25. The van der Waals surface area contributed by atoms with Gasteiger partial charge in [0, 0.05) is 56.1 Å². The summed E-state index contributed by atoms with van der Waals surface area (Å²) < 4.78 is 15.2. The fraction of sp³-hybridized carbons (Fsp3) is 0.269. The summed E-state index contributed by atoms with van der Waals surface area (Å²) in [6.45, 7) is 6.95. The number of aliphatic hydroxyl groups excluding tert-OH is 1. The van der Waals surface area contributed by atoms with Gasteiger partial charge < -0.3 is 24.6 Å². The Hall–Kier alpha value is -3.98. The average molecular weight is 480 g/mol. The maximum atomic E-state index is 13.4. The minimum absolute atomic E-state index is 0.196. The first-order chi connectivity index (χ1) is 16.8. The Balaban J connectivity index is 1.82. The van der Waals surface area contributed by atoms with Crippen molar-refractivity contribution in [2.75, 3.05) is 37.6 Å². The SMILES string of the molecule is CCN1CCN(c2ccc3c(=O)c(/C(O)=C/C(=O)C(=O)O)cn(Cc4ccc(F)cc4)c3c2)CC1. The summed E-state index contributed by atoms with van der Waals surface area (Å²) in [6.07, 6.45) is 1.92. The van der Waals surface area contributed by atoms with E-state index in [1.807, 2.05) is 12.1 Å². The lowest BCUT2D eigenvalue weighted by atomic mass is 10.1. The third-order valence-corrected chi connectivity index (χ3v) is 6.27. The van der Waals surface area contributed by atoms with E-state index in [4.69, 9.17) is 5.11 Å². The number of carbonyl (C=O) groups excluding carboxylic acids is 1. The van der Waals surface area contributed by atoms with Crippen molar-refractivity contribution in [1.29, 1.82) is 0 Å². The summed E-state index contributed by atoms with van der Waals surface area (Å²) in [5, 5.41) is 19.6. The highest BCUT2D eigenvalue weighted by atomic mass is 19.1. The van der Waals surface area contributed by atoms with Crippen molar-refractivity contribution in [2.24, 2.45) is 0 Å². The van der Waals surface area contributed by atoms with Gasteiger partial charge >= 0.3 is 5.97 Å². The summed E-state index contributed by atoms with van der Waals surface area (Å²) in [7, 11) is 0. The van der Waals surface area contributed by atoms with E-state index < -0.39 is 22.9 Å². The lowest BCUT2D eigenvalue weighted by Gasteiger charge is -2.35. The first kappa shape index (κ1) is 24.2. The van der Waals surface area contributed by atoms with Crippen LogP contribution in [0.2, 0.25) is 0 Å². The van der Waals surface area contributed by atoms with E-state index in [0.29, 0.717) is 17.0 Å². The zero-order valence-corrected chi connectivity index (χ0v) is 19.3. The van der Waals surface area contributed by atoms with Gasteiger partial charge in [-0.25, -0.2) is 9.18 Å². The van der Waals surface area contributed by atoms with Gasteiger partial charge in [0.1, 0.15) is 11.6 Å². The number of ketones is 1. The molecule has 182 valence electrons. The van der Waals surface area contributed by atoms with E-state index in [0.717, 1.165) is 44.0 Å². The second kappa shape index (κ2) is 10.1. The number of benzene rings is 2. The number of nitrogens with zero attached hydrogens (tertiary/aromatic N) is 3. The summed E-state index contributed by atoms with van der Waals surface area (Å²) >= 11 is 0. The molecule has 1 aliphatic heterocycles. The number of piperazine rings is 1. The molecule has 9 heteroatoms. The van der Waals surface area contributed by atoms with Crippen LogP contribution >= 0.6 is 0 Å². The van der Waals surface area contributed by atoms with Crippen LogP contribution in [0.3, 0.4) is 0 Å². The first-order valence-electron chi connectivity index (χ1n) is 11.3. The molecule has 0 amide bonds. The van der Waals surface area contributed by atoms with E-state index in [1.165, 1.54) is 18.3 Å². The van der Waals surface area contributed by atoms with Gasteiger partial charge in [0.05, 0.1) is 11.1 Å². The molecule has 0 bridgehead atoms. The predicted molar refractivity (Wildman–Crippen MR) is 131 cm³/mol. The van der Waals surface area contributed by atoms with E-state index in [9.17, 15) is 23.9 Å². The van der Waals surface area contributed by atoms with Gasteiger partial charge in [-0.15, -0.1) is 0 Å². The summed E-state index contributed by atoms with van der Waals surface area (Å²) in [4.78, 5) is 40.3. The van der Waals surface area contributed by atoms with Crippen LogP contribution in [0.25, 0.3) is 16.7 Å². The number of hydrogen-bond donors (Lipinski definition) is 2. The number of carbonyl (C=O) groups is 2. The Bertz CT molecular complexity index is 1360. The third-order valence-electron chi connectivity index (χ3n) is 6.27. The number of aliphatic carboxylic acids is 1. The lowest BCUT2D eigenvalue weighted by Crippen LogP contribution is -2.46. The molecule has 0 spiro atoms. The number of rotatable bonds is 7. The molecule has 35 heavy (non-hydrogen) atoms. The number of aromatic nitrogens is 1. The van der Waals surface area contributed by atoms with Crippen molar-refractivity contribution >= 4 is 34.1 Å². The largest absolute Gasteiger partial charge is 0.507 e. The molecule has 1 saturated heterocycles. The van der Waals surface area contributed by atoms with Crippen LogP contribution in [0.15, 0.2) is 59.5 Å². The number of pyridine rings is 1. The van der Waals surface area contributed by atoms with Crippen molar-refractivity contribution in [3.63, 3.8) is 0 Å². The average Bonchev–Trinajstić information content (AvgIpc) is 2.86. The topological polar surface area (TPSA) is 103 Å². The number of carboxylic acid groups (broad SMARTS) is 1. The minimum Gasteiger partial charge on any atom is -0.507 e. The van der Waals surface area contributed by atoms with Crippen molar-refractivity contribution in [3.05, 3.63) is 81.9 Å². The fourth-order valence-electron chi connectivity index (χ4n) is 4.26. The van der Waals surface area contributed by atoms with Crippen LogP contribution < -0.4 is 10.3 Å². The highest BCUT2D eigenvalue weighted by Crippen LogP contribution is 2.24. The van der Waals surface area contributed by atoms with Gasteiger partial charge in [0.25, 0.3) is 5.78 Å².